The summed E-state index contributed by atoms with van der Waals surface area (Å²) in [6, 6.07) is 5.83. The minimum Gasteiger partial charge on any atom is -0.465 e. The minimum absolute atomic E-state index is 0.192. The number of ketones is 1. The Morgan fingerprint density at radius 3 is 1.23 bits per heavy atom. The number of carbonyl (C=O) groups excluding carboxylic acids is 4. The van der Waals surface area contributed by atoms with E-state index in [1.807, 2.05) is 52.7 Å². The van der Waals surface area contributed by atoms with Crippen LogP contribution in [0.1, 0.15) is 115 Å². The van der Waals surface area contributed by atoms with Gasteiger partial charge in [0, 0.05) is 57.3 Å². The number of oxime groups is 2. The van der Waals surface area contributed by atoms with Gasteiger partial charge >= 0.3 is 17.9 Å². The van der Waals surface area contributed by atoms with E-state index in [-0.39, 0.29) is 43.3 Å². The standard InChI is InChI=1S/2C13H18N2O3.C13H17NO3/c2*1-3-18-13(16)8-15-9(2)7-10-11(14-17)5-4-6-12(10)15;1-3-17-13(16)8-14-9(2)7-10-11(14)5-4-6-12(10)15/h2*7,17H,3-6,8H2,1-2H3;7H,3-6,8H2,1-2H3/b14-11+;14-11-;. The van der Waals surface area contributed by atoms with E-state index in [4.69, 9.17) is 24.6 Å². The third-order valence-corrected chi connectivity index (χ3v) is 9.66. The Balaban J connectivity index is 0.000000178. The second kappa shape index (κ2) is 19.1. The number of fused-ring (bicyclic) bond motifs is 3. The van der Waals surface area contributed by atoms with E-state index < -0.39 is 0 Å². The molecule has 3 aliphatic rings. The average Bonchev–Trinajstić information content (AvgIpc) is 3.75. The summed E-state index contributed by atoms with van der Waals surface area (Å²) in [5, 5.41) is 24.7. The molecule has 14 nitrogen and oxygen atoms in total. The highest BCUT2D eigenvalue weighted by molar-refractivity contribution is 6.03. The SMILES string of the molecule is CCOC(=O)Cn1c(C)cc2c1CCC/C2=N/O.CCOC(=O)Cn1c(C)cc2c1CCC/C2=N\O.CCOC(=O)Cn1c(C)cc2c1CCCC2=O. The number of ether oxygens (including phenoxy) is 3. The maximum Gasteiger partial charge on any atom is 0.325 e. The number of nitrogens with zero attached hydrogens (tertiary/aromatic N) is 5. The second-order valence-electron chi connectivity index (χ2n) is 13.2. The Morgan fingerprint density at radius 1 is 0.566 bits per heavy atom. The van der Waals surface area contributed by atoms with Crippen molar-refractivity contribution >= 4 is 35.1 Å². The molecule has 3 aliphatic carbocycles. The molecule has 288 valence electrons. The minimum atomic E-state index is -0.243. The number of aromatic nitrogens is 3. The molecule has 0 atom stereocenters. The van der Waals surface area contributed by atoms with Gasteiger partial charge in [0.1, 0.15) is 19.6 Å². The maximum absolute atomic E-state index is 11.7. The summed E-state index contributed by atoms with van der Waals surface area (Å²) in [6.45, 7) is 13.1. The Hall–Kier alpha value is -5.14. The van der Waals surface area contributed by atoms with Gasteiger partial charge in [0.2, 0.25) is 0 Å². The quantitative estimate of drug-likeness (QED) is 0.122. The lowest BCUT2D eigenvalue weighted by molar-refractivity contribution is -0.144. The van der Waals surface area contributed by atoms with E-state index in [0.717, 1.165) is 102 Å². The van der Waals surface area contributed by atoms with Crippen LogP contribution in [0.2, 0.25) is 0 Å². The first kappa shape index (κ1) is 40.6. The Kier molecular flexibility index (Phi) is 14.6. The Morgan fingerprint density at radius 2 is 0.887 bits per heavy atom. The summed E-state index contributed by atoms with van der Waals surface area (Å²) in [7, 11) is 0. The van der Waals surface area contributed by atoms with Gasteiger partial charge in [-0.05, 0) is 111 Å². The lowest BCUT2D eigenvalue weighted by Crippen LogP contribution is -2.19. The lowest BCUT2D eigenvalue weighted by atomic mass is 9.96. The molecule has 0 saturated carbocycles. The first-order chi connectivity index (χ1) is 25.5. The molecule has 0 amide bonds. The fourth-order valence-electron chi connectivity index (χ4n) is 7.28. The first-order valence-electron chi connectivity index (χ1n) is 18.5. The molecule has 3 aromatic rings. The van der Waals surface area contributed by atoms with Crippen LogP contribution in [-0.4, -0.2) is 79.1 Å². The van der Waals surface area contributed by atoms with E-state index in [1.165, 1.54) is 0 Å². The second-order valence-corrected chi connectivity index (χ2v) is 13.2. The molecule has 3 heterocycles. The van der Waals surface area contributed by atoms with E-state index in [2.05, 4.69) is 10.3 Å². The molecular weight excluding hydrogens is 682 g/mol. The van der Waals surface area contributed by atoms with Gasteiger partial charge in [-0.25, -0.2) is 0 Å². The molecular formula is C39H53N5O9. The summed E-state index contributed by atoms with van der Waals surface area (Å²) in [5.74, 6) is -0.511. The Labute approximate surface area is 310 Å². The molecule has 0 aliphatic heterocycles. The molecule has 0 saturated heterocycles. The predicted octanol–water partition coefficient (Wildman–Crippen LogP) is 5.63. The van der Waals surface area contributed by atoms with Gasteiger partial charge in [0.05, 0.1) is 31.2 Å². The number of Topliss-reactive ketones (excluding diaryl/α,β-unsaturated/α-hetero) is 1. The van der Waals surface area contributed by atoms with E-state index in [1.54, 1.807) is 20.8 Å². The molecule has 14 heteroatoms. The summed E-state index contributed by atoms with van der Waals surface area (Å²) < 4.78 is 20.7. The lowest BCUT2D eigenvalue weighted by Gasteiger charge is -2.16. The zero-order valence-electron chi connectivity index (χ0n) is 31.8. The monoisotopic (exact) mass is 735 g/mol. The van der Waals surface area contributed by atoms with E-state index in [9.17, 15) is 19.2 Å². The van der Waals surface area contributed by atoms with Crippen LogP contribution in [0.15, 0.2) is 28.5 Å². The summed E-state index contributed by atoms with van der Waals surface area (Å²) >= 11 is 0. The van der Waals surface area contributed by atoms with Crippen molar-refractivity contribution in [3.8, 4) is 0 Å². The normalized spacial score (nSPS) is 16.0. The molecule has 0 aromatic carbocycles. The third kappa shape index (κ3) is 9.85. The van der Waals surface area contributed by atoms with Crippen molar-refractivity contribution < 1.29 is 43.8 Å². The predicted molar refractivity (Wildman–Crippen MR) is 197 cm³/mol. The van der Waals surface area contributed by atoms with Crippen LogP contribution in [0.4, 0.5) is 0 Å². The molecule has 3 aromatic heterocycles. The molecule has 0 spiro atoms. The highest BCUT2D eigenvalue weighted by Gasteiger charge is 2.25. The molecule has 0 fully saturated rings. The highest BCUT2D eigenvalue weighted by Crippen LogP contribution is 2.27. The number of rotatable bonds is 9. The van der Waals surface area contributed by atoms with Crippen LogP contribution in [0.25, 0.3) is 0 Å². The van der Waals surface area contributed by atoms with E-state index in [0.29, 0.717) is 37.7 Å². The van der Waals surface area contributed by atoms with Crippen LogP contribution in [0.5, 0.6) is 0 Å². The fourth-order valence-corrected chi connectivity index (χ4v) is 7.28. The van der Waals surface area contributed by atoms with E-state index >= 15 is 0 Å². The van der Waals surface area contributed by atoms with Gasteiger partial charge in [0.25, 0.3) is 0 Å². The number of esters is 3. The number of hydrogen-bond acceptors (Lipinski definition) is 11. The van der Waals surface area contributed by atoms with Gasteiger partial charge in [-0.1, -0.05) is 10.3 Å². The fraction of sp³-hybridized carbons (Fsp3) is 0.538. The number of aryl methyl sites for hydroxylation is 3. The number of hydrogen-bond donors (Lipinski definition) is 2. The van der Waals surface area contributed by atoms with Crippen molar-refractivity contribution in [2.24, 2.45) is 10.3 Å². The van der Waals surface area contributed by atoms with Crippen LogP contribution in [0, 0.1) is 20.8 Å². The molecule has 0 unspecified atom stereocenters. The molecule has 0 radical (unpaired) electrons. The van der Waals surface area contributed by atoms with Crippen molar-refractivity contribution in [1.29, 1.82) is 0 Å². The van der Waals surface area contributed by atoms with Crippen LogP contribution >= 0.6 is 0 Å². The van der Waals surface area contributed by atoms with Crippen LogP contribution in [-0.2, 0) is 67.5 Å². The average molecular weight is 736 g/mol. The third-order valence-electron chi connectivity index (χ3n) is 9.66. The van der Waals surface area contributed by atoms with Crippen molar-refractivity contribution in [3.05, 3.63) is 69.1 Å². The van der Waals surface area contributed by atoms with Crippen LogP contribution in [0.3, 0.4) is 0 Å². The zero-order valence-corrected chi connectivity index (χ0v) is 31.8. The van der Waals surface area contributed by atoms with Gasteiger partial charge in [-0.15, -0.1) is 0 Å². The van der Waals surface area contributed by atoms with Crippen molar-refractivity contribution in [2.75, 3.05) is 19.8 Å². The molecule has 6 rings (SSSR count). The Bertz CT molecular complexity index is 1770. The van der Waals surface area contributed by atoms with Gasteiger partial charge in [-0.3, -0.25) is 19.2 Å². The van der Waals surface area contributed by atoms with Crippen LogP contribution < -0.4 is 0 Å². The van der Waals surface area contributed by atoms with Gasteiger partial charge in [-0.2, -0.15) is 0 Å². The first-order valence-corrected chi connectivity index (χ1v) is 18.5. The van der Waals surface area contributed by atoms with Gasteiger partial charge < -0.3 is 38.3 Å². The smallest absolute Gasteiger partial charge is 0.325 e. The zero-order chi connectivity index (χ0) is 38.7. The van der Waals surface area contributed by atoms with Crippen molar-refractivity contribution in [3.63, 3.8) is 0 Å². The largest absolute Gasteiger partial charge is 0.465 e. The molecule has 0 bridgehead atoms. The summed E-state index contributed by atoms with van der Waals surface area (Å²) in [6.07, 6.45) is 7.63. The van der Waals surface area contributed by atoms with Crippen molar-refractivity contribution in [1.82, 2.24) is 13.7 Å². The van der Waals surface area contributed by atoms with Crippen molar-refractivity contribution in [2.45, 2.75) is 119 Å². The molecule has 53 heavy (non-hydrogen) atoms. The molecule has 2 N–H and O–H groups in total. The maximum atomic E-state index is 11.7. The highest BCUT2D eigenvalue weighted by atomic mass is 16.5. The number of carbonyl (C=O) groups is 4. The van der Waals surface area contributed by atoms with Gasteiger partial charge in [0.15, 0.2) is 5.78 Å². The topological polar surface area (TPSA) is 176 Å². The summed E-state index contributed by atoms with van der Waals surface area (Å²) in [5.41, 5.74) is 10.2. The summed E-state index contributed by atoms with van der Waals surface area (Å²) in [4.78, 5) is 46.4.